The Bertz CT molecular complexity index is 1000. The number of para-hydroxylation sites is 1. The van der Waals surface area contributed by atoms with E-state index in [1.54, 1.807) is 31.2 Å². The summed E-state index contributed by atoms with van der Waals surface area (Å²) in [6, 6.07) is 20.7. The molecule has 0 saturated carbocycles. The molecule has 3 aromatic carbocycles. The third-order valence-corrected chi connectivity index (χ3v) is 4.65. The zero-order valence-corrected chi connectivity index (χ0v) is 16.8. The molecule has 0 fully saturated rings. The maximum atomic E-state index is 12.6. The van der Waals surface area contributed by atoms with Gasteiger partial charge in [-0.15, -0.1) is 0 Å². The minimum Gasteiger partial charge on any atom is -0.481 e. The molecule has 0 bridgehead atoms. The van der Waals surface area contributed by atoms with Crippen LogP contribution in [0.3, 0.4) is 0 Å². The van der Waals surface area contributed by atoms with Crippen molar-refractivity contribution in [3.05, 3.63) is 72.3 Å². The molecule has 0 aliphatic rings. The Morgan fingerprint density at radius 1 is 0.966 bits per heavy atom. The van der Waals surface area contributed by atoms with Crippen molar-refractivity contribution in [2.75, 3.05) is 11.9 Å². The number of unbranched alkanes of at least 4 members (excludes halogenated alkanes) is 1. The van der Waals surface area contributed by atoms with Crippen LogP contribution in [0.25, 0.3) is 10.8 Å². The summed E-state index contributed by atoms with van der Waals surface area (Å²) in [5.41, 5.74) is 0.912. The number of ether oxygens (including phenoxy) is 1. The first-order valence-electron chi connectivity index (χ1n) is 9.92. The molecule has 29 heavy (non-hydrogen) atoms. The number of hydrogen-bond acceptors (Lipinski definition) is 3. The largest absolute Gasteiger partial charge is 0.481 e. The van der Waals surface area contributed by atoms with E-state index >= 15 is 0 Å². The van der Waals surface area contributed by atoms with Crippen LogP contribution < -0.4 is 15.4 Å². The molecule has 0 radical (unpaired) electrons. The smallest absolute Gasteiger partial charge is 0.265 e. The predicted molar refractivity (Wildman–Crippen MR) is 116 cm³/mol. The van der Waals surface area contributed by atoms with Crippen molar-refractivity contribution in [2.45, 2.75) is 32.8 Å². The Balaban J connectivity index is 1.66. The first-order chi connectivity index (χ1) is 14.1. The van der Waals surface area contributed by atoms with Gasteiger partial charge < -0.3 is 15.4 Å². The molecule has 2 amide bonds. The lowest BCUT2D eigenvalue weighted by atomic mass is 10.1. The standard InChI is InChI=1S/C24H26N2O3/c1-3-4-15-25-24(28)21-11-7-8-12-22(21)26-23(27)17(2)29-20-14-13-18-9-5-6-10-19(18)16-20/h5-14,16-17H,3-4,15H2,1-2H3,(H,25,28)(H,26,27). The van der Waals surface area contributed by atoms with Crippen LogP contribution in [0.15, 0.2) is 66.7 Å². The molecule has 1 unspecified atom stereocenters. The lowest BCUT2D eigenvalue weighted by molar-refractivity contribution is -0.122. The lowest BCUT2D eigenvalue weighted by Gasteiger charge is -2.17. The van der Waals surface area contributed by atoms with Gasteiger partial charge in [0, 0.05) is 6.54 Å². The number of anilines is 1. The fourth-order valence-electron chi connectivity index (χ4n) is 3.00. The Kier molecular flexibility index (Phi) is 6.85. The van der Waals surface area contributed by atoms with E-state index in [1.165, 1.54) is 0 Å². The molecule has 0 aliphatic carbocycles. The Morgan fingerprint density at radius 3 is 2.48 bits per heavy atom. The van der Waals surface area contributed by atoms with Gasteiger partial charge in [0.05, 0.1) is 11.3 Å². The Morgan fingerprint density at radius 2 is 1.69 bits per heavy atom. The van der Waals surface area contributed by atoms with Crippen LogP contribution in [0.4, 0.5) is 5.69 Å². The van der Waals surface area contributed by atoms with Crippen LogP contribution in [0, 0.1) is 0 Å². The molecule has 5 nitrogen and oxygen atoms in total. The van der Waals surface area contributed by atoms with E-state index < -0.39 is 6.10 Å². The average molecular weight is 390 g/mol. The van der Waals surface area contributed by atoms with Crippen molar-refractivity contribution in [1.82, 2.24) is 5.32 Å². The summed E-state index contributed by atoms with van der Waals surface area (Å²) in [7, 11) is 0. The summed E-state index contributed by atoms with van der Waals surface area (Å²) < 4.78 is 5.82. The van der Waals surface area contributed by atoms with Crippen LogP contribution in [0.5, 0.6) is 5.75 Å². The molecule has 0 aliphatic heterocycles. The van der Waals surface area contributed by atoms with Gasteiger partial charge in [-0.1, -0.05) is 55.8 Å². The van der Waals surface area contributed by atoms with Gasteiger partial charge >= 0.3 is 0 Å². The summed E-state index contributed by atoms with van der Waals surface area (Å²) >= 11 is 0. The van der Waals surface area contributed by atoms with Gasteiger partial charge in [-0.3, -0.25) is 9.59 Å². The van der Waals surface area contributed by atoms with Crippen molar-refractivity contribution in [2.24, 2.45) is 0 Å². The zero-order valence-electron chi connectivity index (χ0n) is 16.8. The van der Waals surface area contributed by atoms with Crippen LogP contribution >= 0.6 is 0 Å². The van der Waals surface area contributed by atoms with E-state index in [1.807, 2.05) is 42.5 Å². The van der Waals surface area contributed by atoms with E-state index in [0.717, 1.165) is 23.6 Å². The second-order valence-electron chi connectivity index (χ2n) is 6.91. The number of rotatable bonds is 8. The maximum Gasteiger partial charge on any atom is 0.265 e. The molecule has 1 atom stereocenters. The van der Waals surface area contributed by atoms with Crippen molar-refractivity contribution < 1.29 is 14.3 Å². The number of amides is 2. The normalized spacial score (nSPS) is 11.7. The topological polar surface area (TPSA) is 67.4 Å². The van der Waals surface area contributed by atoms with E-state index in [2.05, 4.69) is 17.6 Å². The first kappa shape index (κ1) is 20.4. The average Bonchev–Trinajstić information content (AvgIpc) is 2.74. The highest BCUT2D eigenvalue weighted by Crippen LogP contribution is 2.22. The van der Waals surface area contributed by atoms with Crippen LogP contribution in [0.1, 0.15) is 37.0 Å². The molecular formula is C24H26N2O3. The summed E-state index contributed by atoms with van der Waals surface area (Å²) in [5, 5.41) is 7.85. The monoisotopic (exact) mass is 390 g/mol. The highest BCUT2D eigenvalue weighted by molar-refractivity contribution is 6.04. The Labute approximate surface area is 171 Å². The van der Waals surface area contributed by atoms with E-state index in [4.69, 9.17) is 4.74 Å². The van der Waals surface area contributed by atoms with E-state index in [9.17, 15) is 9.59 Å². The minimum atomic E-state index is -0.715. The van der Waals surface area contributed by atoms with Crippen molar-refractivity contribution in [1.29, 1.82) is 0 Å². The first-order valence-corrected chi connectivity index (χ1v) is 9.92. The molecular weight excluding hydrogens is 364 g/mol. The fourth-order valence-corrected chi connectivity index (χ4v) is 3.00. The van der Waals surface area contributed by atoms with Gasteiger partial charge in [0.15, 0.2) is 6.10 Å². The zero-order chi connectivity index (χ0) is 20.6. The number of fused-ring (bicyclic) bond motifs is 1. The molecule has 3 aromatic rings. The van der Waals surface area contributed by atoms with Crippen LogP contribution in [0.2, 0.25) is 0 Å². The molecule has 0 saturated heterocycles. The van der Waals surface area contributed by atoms with E-state index in [-0.39, 0.29) is 11.8 Å². The summed E-state index contributed by atoms with van der Waals surface area (Å²) in [6.45, 7) is 4.37. The van der Waals surface area contributed by atoms with Crippen molar-refractivity contribution in [3.8, 4) is 5.75 Å². The summed E-state index contributed by atoms with van der Waals surface area (Å²) in [5.74, 6) is 0.112. The van der Waals surface area contributed by atoms with Crippen molar-refractivity contribution >= 4 is 28.3 Å². The van der Waals surface area contributed by atoms with Gasteiger partial charge in [0.2, 0.25) is 0 Å². The molecule has 3 rings (SSSR count). The second-order valence-corrected chi connectivity index (χ2v) is 6.91. The van der Waals surface area contributed by atoms with Gasteiger partial charge in [0.1, 0.15) is 5.75 Å². The van der Waals surface area contributed by atoms with Gasteiger partial charge in [-0.25, -0.2) is 0 Å². The van der Waals surface area contributed by atoms with Crippen molar-refractivity contribution in [3.63, 3.8) is 0 Å². The predicted octanol–water partition coefficient (Wildman–Crippen LogP) is 4.78. The van der Waals surface area contributed by atoms with Gasteiger partial charge in [-0.2, -0.15) is 0 Å². The third-order valence-electron chi connectivity index (χ3n) is 4.65. The number of hydrogen-bond donors (Lipinski definition) is 2. The molecule has 2 N–H and O–H groups in total. The lowest BCUT2D eigenvalue weighted by Crippen LogP contribution is -2.32. The highest BCUT2D eigenvalue weighted by atomic mass is 16.5. The summed E-state index contributed by atoms with van der Waals surface area (Å²) in [4.78, 5) is 25.1. The quantitative estimate of drug-likeness (QED) is 0.544. The van der Waals surface area contributed by atoms with Crippen LogP contribution in [-0.4, -0.2) is 24.5 Å². The fraction of sp³-hybridized carbons (Fsp3) is 0.250. The third kappa shape index (κ3) is 5.35. The summed E-state index contributed by atoms with van der Waals surface area (Å²) in [6.07, 6.45) is 1.20. The molecule has 5 heteroatoms. The number of carbonyl (C=O) groups is 2. The SMILES string of the molecule is CCCCNC(=O)c1ccccc1NC(=O)C(C)Oc1ccc2ccccc2c1. The number of benzene rings is 3. The number of carbonyl (C=O) groups excluding carboxylic acids is 2. The van der Waals surface area contributed by atoms with Gasteiger partial charge in [0.25, 0.3) is 11.8 Å². The molecule has 0 heterocycles. The molecule has 150 valence electrons. The second kappa shape index (κ2) is 9.73. The van der Waals surface area contributed by atoms with Crippen LogP contribution in [-0.2, 0) is 4.79 Å². The maximum absolute atomic E-state index is 12.6. The highest BCUT2D eigenvalue weighted by Gasteiger charge is 2.18. The minimum absolute atomic E-state index is 0.197. The molecule has 0 aromatic heterocycles. The molecule has 0 spiro atoms. The van der Waals surface area contributed by atoms with Gasteiger partial charge in [-0.05, 0) is 48.4 Å². The Hall–Kier alpha value is -3.34. The van der Waals surface area contributed by atoms with E-state index in [0.29, 0.717) is 23.5 Å². The number of nitrogens with one attached hydrogen (secondary N) is 2.